The summed E-state index contributed by atoms with van der Waals surface area (Å²) in [4.78, 5) is 0. The molecule has 0 aromatic heterocycles. The SMILES string of the molecule is ONCc1c(Cl)ccc(F)c1O. The third kappa shape index (κ3) is 1.66. The van der Waals surface area contributed by atoms with Gasteiger partial charge in [-0.05, 0) is 12.1 Å². The fourth-order valence-electron chi connectivity index (χ4n) is 0.830. The lowest BCUT2D eigenvalue weighted by Gasteiger charge is -2.05. The summed E-state index contributed by atoms with van der Waals surface area (Å²) in [5.41, 5.74) is 1.92. The number of halogens is 2. The minimum Gasteiger partial charge on any atom is -0.505 e. The number of nitrogens with one attached hydrogen (secondary N) is 1. The standard InChI is InChI=1S/C7H7ClFNO2/c8-5-1-2-6(9)7(11)4(5)3-10-12/h1-2,10-12H,3H2. The van der Waals surface area contributed by atoms with Crippen molar-refractivity contribution in [2.24, 2.45) is 0 Å². The van der Waals surface area contributed by atoms with E-state index < -0.39 is 11.6 Å². The van der Waals surface area contributed by atoms with Crippen LogP contribution in [0.2, 0.25) is 5.02 Å². The highest BCUT2D eigenvalue weighted by atomic mass is 35.5. The van der Waals surface area contributed by atoms with Crippen molar-refractivity contribution in [1.82, 2.24) is 5.48 Å². The Kier molecular flexibility index (Phi) is 2.86. The molecule has 0 saturated carbocycles. The Morgan fingerprint density at radius 2 is 2.17 bits per heavy atom. The van der Waals surface area contributed by atoms with Gasteiger partial charge in [0.2, 0.25) is 0 Å². The lowest BCUT2D eigenvalue weighted by Crippen LogP contribution is -2.07. The van der Waals surface area contributed by atoms with Crippen LogP contribution in [-0.4, -0.2) is 10.3 Å². The molecule has 5 heteroatoms. The van der Waals surface area contributed by atoms with E-state index in [1.165, 1.54) is 6.07 Å². The van der Waals surface area contributed by atoms with Gasteiger partial charge >= 0.3 is 0 Å². The molecule has 0 saturated heterocycles. The Morgan fingerprint density at radius 1 is 1.50 bits per heavy atom. The van der Waals surface area contributed by atoms with Crippen molar-refractivity contribution in [3.63, 3.8) is 0 Å². The van der Waals surface area contributed by atoms with Crippen molar-refractivity contribution in [3.05, 3.63) is 28.5 Å². The van der Waals surface area contributed by atoms with Gasteiger partial charge in [0.1, 0.15) is 0 Å². The predicted octanol–water partition coefficient (Wildman–Crippen LogP) is 1.66. The molecule has 0 spiro atoms. The summed E-state index contributed by atoms with van der Waals surface area (Å²) in [6.45, 7) is -0.0948. The zero-order valence-electron chi connectivity index (χ0n) is 6.01. The summed E-state index contributed by atoms with van der Waals surface area (Å²) < 4.78 is 12.7. The average molecular weight is 192 g/mol. The molecule has 0 amide bonds. The van der Waals surface area contributed by atoms with Gasteiger partial charge in [-0.2, -0.15) is 0 Å². The lowest BCUT2D eigenvalue weighted by atomic mass is 10.2. The summed E-state index contributed by atoms with van der Waals surface area (Å²) in [6.07, 6.45) is 0. The van der Waals surface area contributed by atoms with Crippen molar-refractivity contribution in [1.29, 1.82) is 0 Å². The smallest absolute Gasteiger partial charge is 0.165 e. The minimum atomic E-state index is -0.760. The van der Waals surface area contributed by atoms with Gasteiger partial charge in [0.05, 0.1) is 6.54 Å². The second kappa shape index (κ2) is 3.71. The van der Waals surface area contributed by atoms with E-state index in [0.29, 0.717) is 0 Å². The van der Waals surface area contributed by atoms with Gasteiger partial charge in [-0.1, -0.05) is 11.6 Å². The molecular weight excluding hydrogens is 185 g/mol. The molecule has 0 fully saturated rings. The van der Waals surface area contributed by atoms with E-state index in [1.807, 2.05) is 0 Å². The lowest BCUT2D eigenvalue weighted by molar-refractivity contribution is 0.160. The normalized spacial score (nSPS) is 10.2. The van der Waals surface area contributed by atoms with Gasteiger partial charge in [0.15, 0.2) is 11.6 Å². The number of hydroxylamine groups is 1. The van der Waals surface area contributed by atoms with Crippen molar-refractivity contribution in [3.8, 4) is 5.75 Å². The molecule has 66 valence electrons. The highest BCUT2D eigenvalue weighted by Gasteiger charge is 2.10. The van der Waals surface area contributed by atoms with Crippen molar-refractivity contribution >= 4 is 11.6 Å². The fraction of sp³-hybridized carbons (Fsp3) is 0.143. The largest absolute Gasteiger partial charge is 0.505 e. The summed E-state index contributed by atoms with van der Waals surface area (Å²) in [7, 11) is 0. The van der Waals surface area contributed by atoms with E-state index in [1.54, 1.807) is 5.48 Å². The molecule has 3 N–H and O–H groups in total. The second-order valence-corrected chi connectivity index (χ2v) is 2.60. The topological polar surface area (TPSA) is 52.5 Å². The van der Waals surface area contributed by atoms with Gasteiger partial charge in [0, 0.05) is 10.6 Å². The highest BCUT2D eigenvalue weighted by Crippen LogP contribution is 2.27. The number of benzene rings is 1. The first-order chi connectivity index (χ1) is 5.66. The molecule has 0 atom stereocenters. The van der Waals surface area contributed by atoms with Crippen molar-refractivity contribution < 1.29 is 14.7 Å². The van der Waals surface area contributed by atoms with Crippen LogP contribution >= 0.6 is 11.6 Å². The molecular formula is C7H7ClFNO2. The van der Waals surface area contributed by atoms with Gasteiger partial charge in [-0.25, -0.2) is 9.87 Å². The van der Waals surface area contributed by atoms with Crippen LogP contribution in [0, 0.1) is 5.82 Å². The van der Waals surface area contributed by atoms with Gasteiger partial charge in [-0.3, -0.25) is 0 Å². The number of aromatic hydroxyl groups is 1. The maximum Gasteiger partial charge on any atom is 0.165 e. The number of phenols is 1. The number of hydrogen-bond acceptors (Lipinski definition) is 3. The molecule has 0 aliphatic heterocycles. The molecule has 12 heavy (non-hydrogen) atoms. The van der Waals surface area contributed by atoms with Crippen LogP contribution in [0.1, 0.15) is 5.56 Å². The Labute approximate surface area is 73.4 Å². The Hall–Kier alpha value is -0.840. The molecule has 0 heterocycles. The third-order valence-corrected chi connectivity index (χ3v) is 1.79. The van der Waals surface area contributed by atoms with Gasteiger partial charge in [0.25, 0.3) is 0 Å². The molecule has 0 bridgehead atoms. The van der Waals surface area contributed by atoms with E-state index in [9.17, 15) is 4.39 Å². The molecule has 0 aliphatic rings. The van der Waals surface area contributed by atoms with Crippen molar-refractivity contribution in [2.45, 2.75) is 6.54 Å². The first kappa shape index (κ1) is 9.25. The highest BCUT2D eigenvalue weighted by molar-refractivity contribution is 6.31. The third-order valence-electron chi connectivity index (χ3n) is 1.43. The second-order valence-electron chi connectivity index (χ2n) is 2.19. The van der Waals surface area contributed by atoms with Crippen LogP contribution in [0.5, 0.6) is 5.75 Å². The van der Waals surface area contributed by atoms with Crippen LogP contribution in [0.4, 0.5) is 4.39 Å². The summed E-state index contributed by atoms with van der Waals surface area (Å²) in [5, 5.41) is 17.6. The summed E-state index contributed by atoms with van der Waals surface area (Å²) in [6, 6.07) is 2.36. The fourth-order valence-corrected chi connectivity index (χ4v) is 1.05. The predicted molar refractivity (Wildman–Crippen MR) is 41.7 cm³/mol. The maximum absolute atomic E-state index is 12.7. The molecule has 0 radical (unpaired) electrons. The van der Waals surface area contributed by atoms with Crippen LogP contribution in [0.25, 0.3) is 0 Å². The number of hydrogen-bond donors (Lipinski definition) is 3. The van der Waals surface area contributed by atoms with Gasteiger partial charge < -0.3 is 10.3 Å². The monoisotopic (exact) mass is 191 g/mol. The molecule has 0 aliphatic carbocycles. The molecule has 1 rings (SSSR count). The average Bonchev–Trinajstić information content (AvgIpc) is 2.06. The van der Waals surface area contributed by atoms with Crippen LogP contribution in [0.15, 0.2) is 12.1 Å². The van der Waals surface area contributed by atoms with E-state index >= 15 is 0 Å². The van der Waals surface area contributed by atoms with Crippen LogP contribution in [-0.2, 0) is 6.54 Å². The first-order valence-electron chi connectivity index (χ1n) is 3.19. The Morgan fingerprint density at radius 3 is 2.75 bits per heavy atom. The van der Waals surface area contributed by atoms with Crippen LogP contribution < -0.4 is 5.48 Å². The van der Waals surface area contributed by atoms with E-state index in [2.05, 4.69) is 0 Å². The van der Waals surface area contributed by atoms with Gasteiger partial charge in [-0.15, -0.1) is 0 Å². The zero-order valence-corrected chi connectivity index (χ0v) is 6.77. The zero-order chi connectivity index (χ0) is 9.14. The molecule has 0 unspecified atom stereocenters. The minimum absolute atomic E-state index is 0.0948. The summed E-state index contributed by atoms with van der Waals surface area (Å²) >= 11 is 5.60. The van der Waals surface area contributed by atoms with Crippen LogP contribution in [0.3, 0.4) is 0 Å². The number of rotatable bonds is 2. The summed E-state index contributed by atoms with van der Waals surface area (Å²) in [5.74, 6) is -1.30. The molecule has 3 nitrogen and oxygen atoms in total. The maximum atomic E-state index is 12.7. The first-order valence-corrected chi connectivity index (χ1v) is 3.57. The van der Waals surface area contributed by atoms with E-state index in [-0.39, 0.29) is 17.1 Å². The molecule has 1 aromatic carbocycles. The van der Waals surface area contributed by atoms with E-state index in [0.717, 1.165) is 6.07 Å². The number of phenolic OH excluding ortho intramolecular Hbond substituents is 1. The molecule has 1 aromatic rings. The Bertz CT molecular complexity index is 293. The van der Waals surface area contributed by atoms with E-state index in [4.69, 9.17) is 21.9 Å². The Balaban J connectivity index is 3.14. The van der Waals surface area contributed by atoms with Crippen molar-refractivity contribution in [2.75, 3.05) is 0 Å². The quantitative estimate of drug-likeness (QED) is 0.624.